The van der Waals surface area contributed by atoms with Crippen LogP contribution in [-0.2, 0) is 12.1 Å². The number of rotatable bonds is 4. The van der Waals surface area contributed by atoms with Gasteiger partial charge < -0.3 is 0 Å². The summed E-state index contributed by atoms with van der Waals surface area (Å²) in [6, 6.07) is 25.4. The zero-order valence-electron chi connectivity index (χ0n) is 17.8. The summed E-state index contributed by atoms with van der Waals surface area (Å²) >= 11 is 0. The van der Waals surface area contributed by atoms with Crippen LogP contribution in [-0.4, -0.2) is 47.5 Å². The van der Waals surface area contributed by atoms with Crippen molar-refractivity contribution in [2.75, 3.05) is 26.2 Å². The Morgan fingerprint density at radius 2 is 1.35 bits per heavy atom. The molecule has 0 unspecified atom stereocenters. The van der Waals surface area contributed by atoms with Gasteiger partial charge in [-0.2, -0.15) is 0 Å². The summed E-state index contributed by atoms with van der Waals surface area (Å²) < 4.78 is 0. The molecular formula is C27H26N2O2. The molecule has 1 heterocycles. The molecule has 3 aromatic rings. The number of aryl methyl sites for hydroxylation is 1. The third-order valence-electron chi connectivity index (χ3n) is 6.60. The Labute approximate surface area is 183 Å². The molecule has 0 amide bonds. The van der Waals surface area contributed by atoms with Gasteiger partial charge in [-0.1, -0.05) is 84.4 Å². The van der Waals surface area contributed by atoms with Crippen LogP contribution in [0.2, 0.25) is 0 Å². The van der Waals surface area contributed by atoms with Gasteiger partial charge in [-0.25, -0.2) is 0 Å². The van der Waals surface area contributed by atoms with Gasteiger partial charge in [0.15, 0.2) is 17.1 Å². The zero-order chi connectivity index (χ0) is 21.4. The number of carbonyl (C=O) groups excluding carboxylic acids is 2. The molecule has 0 radical (unpaired) electrons. The third-order valence-corrected chi connectivity index (χ3v) is 6.60. The van der Waals surface area contributed by atoms with Crippen molar-refractivity contribution in [1.29, 1.82) is 0 Å². The van der Waals surface area contributed by atoms with E-state index in [1.165, 1.54) is 11.1 Å². The molecule has 0 aromatic heterocycles. The predicted octanol–water partition coefficient (Wildman–Crippen LogP) is 4.09. The first-order valence-electron chi connectivity index (χ1n) is 10.9. The molecule has 1 fully saturated rings. The SMILES string of the molecule is Cc1cccc(CN2CCN(C3(c4ccccc4)C(=O)c4ccccc4C3=O)CC2)c1. The quantitative estimate of drug-likeness (QED) is 0.608. The number of piperazine rings is 1. The highest BCUT2D eigenvalue weighted by Crippen LogP contribution is 2.42. The van der Waals surface area contributed by atoms with Crippen LogP contribution in [0.5, 0.6) is 0 Å². The van der Waals surface area contributed by atoms with E-state index < -0.39 is 5.54 Å². The smallest absolute Gasteiger partial charge is 0.196 e. The van der Waals surface area contributed by atoms with Gasteiger partial charge in [0.2, 0.25) is 0 Å². The number of carbonyl (C=O) groups is 2. The average Bonchev–Trinajstić information content (AvgIpc) is 3.03. The summed E-state index contributed by atoms with van der Waals surface area (Å²) in [5, 5.41) is 0. The Balaban J connectivity index is 1.45. The molecule has 1 aliphatic heterocycles. The molecule has 4 heteroatoms. The lowest BCUT2D eigenvalue weighted by Crippen LogP contribution is -2.60. The molecule has 0 saturated carbocycles. The number of Topliss-reactive ketones (excluding diaryl/α,β-unsaturated/α-hetero) is 2. The van der Waals surface area contributed by atoms with E-state index in [9.17, 15) is 9.59 Å². The van der Waals surface area contributed by atoms with Gasteiger partial charge >= 0.3 is 0 Å². The summed E-state index contributed by atoms with van der Waals surface area (Å²) in [4.78, 5) is 32.0. The Bertz CT molecular complexity index is 1100. The lowest BCUT2D eigenvalue weighted by molar-refractivity contribution is 0.0279. The third kappa shape index (κ3) is 3.23. The Morgan fingerprint density at radius 1 is 0.742 bits per heavy atom. The Morgan fingerprint density at radius 3 is 1.97 bits per heavy atom. The summed E-state index contributed by atoms with van der Waals surface area (Å²) in [6.45, 7) is 5.98. The van der Waals surface area contributed by atoms with Gasteiger partial charge in [0.25, 0.3) is 0 Å². The fourth-order valence-electron chi connectivity index (χ4n) is 5.09. The minimum Gasteiger partial charge on any atom is -0.297 e. The summed E-state index contributed by atoms with van der Waals surface area (Å²) in [6.07, 6.45) is 0. The zero-order valence-corrected chi connectivity index (χ0v) is 17.8. The van der Waals surface area contributed by atoms with Crippen molar-refractivity contribution < 1.29 is 9.59 Å². The van der Waals surface area contributed by atoms with Crippen LogP contribution in [0.3, 0.4) is 0 Å². The first-order chi connectivity index (χ1) is 15.1. The Kier molecular flexibility index (Phi) is 5.05. The molecule has 0 spiro atoms. The predicted molar refractivity (Wildman–Crippen MR) is 121 cm³/mol. The number of ketones is 2. The molecule has 1 saturated heterocycles. The first-order valence-corrected chi connectivity index (χ1v) is 10.9. The standard InChI is InChI=1S/C27H26N2O2/c1-20-8-7-9-21(18-20)19-28-14-16-29(17-15-28)27(22-10-3-2-4-11-22)25(30)23-12-5-6-13-24(23)26(27)31/h2-13,18H,14-17,19H2,1H3. The van der Waals surface area contributed by atoms with Crippen molar-refractivity contribution >= 4 is 11.6 Å². The van der Waals surface area contributed by atoms with Crippen LogP contribution < -0.4 is 0 Å². The lowest BCUT2D eigenvalue weighted by Gasteiger charge is -2.44. The van der Waals surface area contributed by atoms with Crippen molar-refractivity contribution in [2.24, 2.45) is 0 Å². The van der Waals surface area contributed by atoms with Crippen molar-refractivity contribution in [3.05, 3.63) is 107 Å². The highest BCUT2D eigenvalue weighted by molar-refractivity contribution is 6.32. The molecule has 5 rings (SSSR count). The van der Waals surface area contributed by atoms with Crippen LogP contribution in [0, 0.1) is 6.92 Å². The molecule has 3 aromatic carbocycles. The second-order valence-electron chi connectivity index (χ2n) is 8.53. The van der Waals surface area contributed by atoms with Gasteiger partial charge in [0.05, 0.1) is 0 Å². The highest BCUT2D eigenvalue weighted by Gasteiger charge is 2.58. The van der Waals surface area contributed by atoms with E-state index in [2.05, 4.69) is 41.0 Å². The maximum Gasteiger partial charge on any atom is 0.196 e. The molecule has 31 heavy (non-hydrogen) atoms. The molecule has 1 aliphatic carbocycles. The van der Waals surface area contributed by atoms with Crippen molar-refractivity contribution in [1.82, 2.24) is 9.80 Å². The van der Waals surface area contributed by atoms with E-state index in [1.54, 1.807) is 12.1 Å². The van der Waals surface area contributed by atoms with Crippen LogP contribution >= 0.6 is 0 Å². The van der Waals surface area contributed by atoms with Crippen molar-refractivity contribution in [3.63, 3.8) is 0 Å². The number of benzene rings is 3. The minimum absolute atomic E-state index is 0.0913. The van der Waals surface area contributed by atoms with E-state index in [0.29, 0.717) is 24.2 Å². The van der Waals surface area contributed by atoms with Gasteiger partial charge in [-0.05, 0) is 18.1 Å². The number of hydrogen-bond acceptors (Lipinski definition) is 4. The molecule has 2 aliphatic rings. The molecule has 0 N–H and O–H groups in total. The fraction of sp³-hybridized carbons (Fsp3) is 0.259. The monoisotopic (exact) mass is 410 g/mol. The molecular weight excluding hydrogens is 384 g/mol. The van der Waals surface area contributed by atoms with E-state index in [4.69, 9.17) is 0 Å². The van der Waals surface area contributed by atoms with E-state index in [-0.39, 0.29) is 11.6 Å². The molecule has 156 valence electrons. The lowest BCUT2D eigenvalue weighted by atomic mass is 9.82. The van der Waals surface area contributed by atoms with E-state index >= 15 is 0 Å². The summed E-state index contributed by atoms with van der Waals surface area (Å²) in [7, 11) is 0. The van der Waals surface area contributed by atoms with E-state index in [1.807, 2.05) is 42.5 Å². The maximum atomic E-state index is 13.8. The second-order valence-corrected chi connectivity index (χ2v) is 8.53. The highest BCUT2D eigenvalue weighted by atomic mass is 16.2. The number of nitrogens with zero attached hydrogens (tertiary/aromatic N) is 2. The van der Waals surface area contributed by atoms with Crippen LogP contribution in [0.1, 0.15) is 37.4 Å². The van der Waals surface area contributed by atoms with Gasteiger partial charge in [-0.3, -0.25) is 19.4 Å². The van der Waals surface area contributed by atoms with Gasteiger partial charge in [-0.15, -0.1) is 0 Å². The van der Waals surface area contributed by atoms with Crippen LogP contribution in [0.15, 0.2) is 78.9 Å². The van der Waals surface area contributed by atoms with Crippen molar-refractivity contribution in [3.8, 4) is 0 Å². The minimum atomic E-state index is -1.25. The van der Waals surface area contributed by atoms with Crippen LogP contribution in [0.25, 0.3) is 0 Å². The van der Waals surface area contributed by atoms with Crippen LogP contribution in [0.4, 0.5) is 0 Å². The average molecular weight is 411 g/mol. The van der Waals surface area contributed by atoms with Crippen molar-refractivity contribution in [2.45, 2.75) is 19.0 Å². The summed E-state index contributed by atoms with van der Waals surface area (Å²) in [5.41, 5.74) is 3.16. The Hall–Kier alpha value is -3.08. The van der Waals surface area contributed by atoms with Gasteiger partial charge in [0.1, 0.15) is 0 Å². The largest absolute Gasteiger partial charge is 0.297 e. The first kappa shape index (κ1) is 19.9. The fourth-order valence-corrected chi connectivity index (χ4v) is 5.09. The van der Waals surface area contributed by atoms with E-state index in [0.717, 1.165) is 25.2 Å². The normalized spacial score (nSPS) is 18.9. The number of hydrogen-bond donors (Lipinski definition) is 0. The molecule has 0 bridgehead atoms. The number of fused-ring (bicyclic) bond motifs is 1. The maximum absolute atomic E-state index is 13.8. The van der Waals surface area contributed by atoms with Gasteiger partial charge in [0, 0.05) is 43.9 Å². The summed E-state index contributed by atoms with van der Waals surface area (Å²) in [5.74, 6) is -0.183. The molecule has 0 atom stereocenters. The molecule has 4 nitrogen and oxygen atoms in total. The second kappa shape index (κ2) is 7.88. The topological polar surface area (TPSA) is 40.6 Å².